The van der Waals surface area contributed by atoms with Crippen molar-refractivity contribution in [1.29, 1.82) is 0 Å². The van der Waals surface area contributed by atoms with Gasteiger partial charge in [0.25, 0.3) is 5.91 Å². The van der Waals surface area contributed by atoms with Gasteiger partial charge in [-0.05, 0) is 49.9 Å². The molecule has 3 aliphatic rings. The van der Waals surface area contributed by atoms with Crippen LogP contribution in [0.25, 0.3) is 0 Å². The number of halogens is 1. The van der Waals surface area contributed by atoms with Crippen molar-refractivity contribution in [1.82, 2.24) is 20.0 Å². The minimum atomic E-state index is -0.752. The number of carbonyl (C=O) groups excluding carboxylic acids is 3. The molecule has 1 aromatic rings. The molecule has 3 fully saturated rings. The second-order valence-electron chi connectivity index (χ2n) is 8.54. The molecule has 3 aliphatic heterocycles. The molecule has 30 heavy (non-hydrogen) atoms. The minimum Gasteiger partial charge on any atom is -0.342 e. The van der Waals surface area contributed by atoms with Crippen LogP contribution in [0.4, 0.5) is 9.18 Å². The lowest BCUT2D eigenvalue weighted by Crippen LogP contribution is -2.55. The van der Waals surface area contributed by atoms with Crippen LogP contribution >= 0.6 is 0 Å². The number of nitrogens with one attached hydrogen (secondary N) is 1. The SMILES string of the molecule is CCN1CCC2(CC1)NC(=O)N(C1CCN(C(=O)Cc3ccc(F)cc3)CC1)C2=O. The van der Waals surface area contributed by atoms with Gasteiger partial charge in [-0.25, -0.2) is 9.18 Å². The van der Waals surface area contributed by atoms with E-state index in [-0.39, 0.29) is 36.1 Å². The average molecular weight is 416 g/mol. The summed E-state index contributed by atoms with van der Waals surface area (Å²) in [5, 5.41) is 2.98. The van der Waals surface area contributed by atoms with Gasteiger partial charge in [-0.15, -0.1) is 0 Å². The Labute approximate surface area is 176 Å². The van der Waals surface area contributed by atoms with E-state index in [9.17, 15) is 18.8 Å². The number of amides is 4. The number of benzene rings is 1. The summed E-state index contributed by atoms with van der Waals surface area (Å²) in [5.41, 5.74) is 0.0242. The molecule has 162 valence electrons. The van der Waals surface area contributed by atoms with Crippen molar-refractivity contribution in [3.8, 4) is 0 Å². The van der Waals surface area contributed by atoms with Crippen LogP contribution in [0.5, 0.6) is 0 Å². The van der Waals surface area contributed by atoms with Crippen molar-refractivity contribution in [2.24, 2.45) is 0 Å². The molecule has 4 rings (SSSR count). The van der Waals surface area contributed by atoms with Crippen LogP contribution < -0.4 is 5.32 Å². The van der Waals surface area contributed by atoms with E-state index in [1.165, 1.54) is 17.0 Å². The fourth-order valence-electron chi connectivity index (χ4n) is 4.82. The van der Waals surface area contributed by atoms with E-state index in [0.717, 1.165) is 25.2 Å². The van der Waals surface area contributed by atoms with Crippen LogP contribution in [0.3, 0.4) is 0 Å². The number of carbonyl (C=O) groups is 3. The van der Waals surface area contributed by atoms with Gasteiger partial charge >= 0.3 is 6.03 Å². The molecule has 1 aromatic carbocycles. The van der Waals surface area contributed by atoms with E-state index >= 15 is 0 Å². The maximum absolute atomic E-state index is 13.2. The topological polar surface area (TPSA) is 73.0 Å². The normalized spacial score (nSPS) is 22.6. The molecule has 0 atom stereocenters. The molecule has 1 N–H and O–H groups in total. The molecule has 0 saturated carbocycles. The molecule has 3 heterocycles. The van der Waals surface area contributed by atoms with Crippen molar-refractivity contribution in [2.75, 3.05) is 32.7 Å². The Morgan fingerprint density at radius 2 is 1.73 bits per heavy atom. The number of piperidine rings is 2. The smallest absolute Gasteiger partial charge is 0.325 e. The third kappa shape index (κ3) is 3.93. The van der Waals surface area contributed by atoms with Gasteiger partial charge in [-0.3, -0.25) is 14.5 Å². The summed E-state index contributed by atoms with van der Waals surface area (Å²) >= 11 is 0. The van der Waals surface area contributed by atoms with Gasteiger partial charge in [-0.1, -0.05) is 19.1 Å². The van der Waals surface area contributed by atoms with Crippen LogP contribution in [0.15, 0.2) is 24.3 Å². The summed E-state index contributed by atoms with van der Waals surface area (Å²) in [6.07, 6.45) is 2.70. The van der Waals surface area contributed by atoms with Crippen molar-refractivity contribution < 1.29 is 18.8 Å². The molecule has 0 aromatic heterocycles. The van der Waals surface area contributed by atoms with E-state index in [2.05, 4.69) is 17.1 Å². The Kier molecular flexibility index (Phi) is 5.77. The molecule has 4 amide bonds. The predicted molar refractivity (Wildman–Crippen MR) is 109 cm³/mol. The monoisotopic (exact) mass is 416 g/mol. The number of hydrogen-bond acceptors (Lipinski definition) is 4. The number of urea groups is 1. The maximum Gasteiger partial charge on any atom is 0.325 e. The zero-order chi connectivity index (χ0) is 21.3. The third-order valence-electron chi connectivity index (χ3n) is 6.80. The molecule has 8 heteroatoms. The van der Waals surface area contributed by atoms with Gasteiger partial charge in [0.1, 0.15) is 11.4 Å². The summed E-state index contributed by atoms with van der Waals surface area (Å²) in [4.78, 5) is 43.9. The highest BCUT2D eigenvalue weighted by Crippen LogP contribution is 2.32. The van der Waals surface area contributed by atoms with E-state index in [0.29, 0.717) is 38.8 Å². The summed E-state index contributed by atoms with van der Waals surface area (Å²) in [5.74, 6) is -0.432. The number of rotatable bonds is 4. The fourth-order valence-corrected chi connectivity index (χ4v) is 4.82. The molecule has 1 spiro atoms. The zero-order valence-electron chi connectivity index (χ0n) is 17.4. The summed E-state index contributed by atoms with van der Waals surface area (Å²) in [7, 11) is 0. The third-order valence-corrected chi connectivity index (χ3v) is 6.80. The lowest BCUT2D eigenvalue weighted by atomic mass is 9.87. The van der Waals surface area contributed by atoms with Crippen LogP contribution in [-0.4, -0.2) is 76.8 Å². The van der Waals surface area contributed by atoms with Crippen molar-refractivity contribution in [3.05, 3.63) is 35.6 Å². The van der Waals surface area contributed by atoms with Gasteiger partial charge in [0, 0.05) is 32.2 Å². The molecule has 7 nitrogen and oxygen atoms in total. The molecular formula is C22H29FN4O3. The van der Waals surface area contributed by atoms with Crippen molar-refractivity contribution in [3.63, 3.8) is 0 Å². The number of likely N-dealkylation sites (tertiary alicyclic amines) is 2. The Morgan fingerprint density at radius 3 is 2.33 bits per heavy atom. The lowest BCUT2D eigenvalue weighted by molar-refractivity contribution is -0.136. The van der Waals surface area contributed by atoms with Crippen molar-refractivity contribution >= 4 is 17.8 Å². The minimum absolute atomic E-state index is 0.0133. The van der Waals surface area contributed by atoms with Crippen LogP contribution in [0, 0.1) is 5.82 Å². The van der Waals surface area contributed by atoms with Gasteiger partial charge in [-0.2, -0.15) is 0 Å². The highest BCUT2D eigenvalue weighted by atomic mass is 19.1. The highest BCUT2D eigenvalue weighted by molar-refractivity contribution is 6.07. The van der Waals surface area contributed by atoms with Gasteiger partial charge in [0.2, 0.25) is 5.91 Å². The summed E-state index contributed by atoms with van der Waals surface area (Å²) in [6, 6.07) is 5.49. The quantitative estimate of drug-likeness (QED) is 0.760. The standard InChI is InChI=1S/C22H29FN4O3/c1-2-25-13-9-22(10-14-25)20(29)27(21(30)24-22)18-7-11-26(12-8-18)19(28)15-16-3-5-17(23)6-4-16/h3-6,18H,2,7-15H2,1H3,(H,24,30). The first-order chi connectivity index (χ1) is 14.4. The predicted octanol–water partition coefficient (Wildman–Crippen LogP) is 1.77. The first-order valence-electron chi connectivity index (χ1n) is 10.8. The van der Waals surface area contributed by atoms with Crippen LogP contribution in [0.1, 0.15) is 38.2 Å². The van der Waals surface area contributed by atoms with Gasteiger partial charge in [0.05, 0.1) is 6.42 Å². The van der Waals surface area contributed by atoms with Gasteiger partial charge in [0.15, 0.2) is 0 Å². The molecular weight excluding hydrogens is 387 g/mol. The van der Waals surface area contributed by atoms with Crippen LogP contribution in [0.2, 0.25) is 0 Å². The van der Waals surface area contributed by atoms with E-state index in [1.54, 1.807) is 17.0 Å². The van der Waals surface area contributed by atoms with E-state index in [1.807, 2.05) is 0 Å². The molecule has 0 radical (unpaired) electrons. The first kappa shape index (κ1) is 20.8. The van der Waals surface area contributed by atoms with Crippen LogP contribution in [-0.2, 0) is 16.0 Å². The number of hydrogen-bond donors (Lipinski definition) is 1. The largest absolute Gasteiger partial charge is 0.342 e. The molecule has 0 bridgehead atoms. The zero-order valence-corrected chi connectivity index (χ0v) is 17.4. The summed E-state index contributed by atoms with van der Waals surface area (Å²) < 4.78 is 13.0. The molecule has 0 unspecified atom stereocenters. The highest BCUT2D eigenvalue weighted by Gasteiger charge is 2.54. The second kappa shape index (κ2) is 8.34. The molecule has 0 aliphatic carbocycles. The maximum atomic E-state index is 13.2. The fraction of sp³-hybridized carbons (Fsp3) is 0.591. The average Bonchev–Trinajstić information content (AvgIpc) is 2.99. The Morgan fingerprint density at radius 1 is 1.10 bits per heavy atom. The van der Waals surface area contributed by atoms with Gasteiger partial charge < -0.3 is 15.1 Å². The Hall–Kier alpha value is -2.48. The first-order valence-corrected chi connectivity index (χ1v) is 10.8. The Bertz CT molecular complexity index is 812. The van der Waals surface area contributed by atoms with E-state index < -0.39 is 5.54 Å². The second-order valence-corrected chi connectivity index (χ2v) is 8.54. The molecule has 3 saturated heterocycles. The van der Waals surface area contributed by atoms with Crippen molar-refractivity contribution in [2.45, 2.75) is 50.6 Å². The number of imide groups is 1. The Balaban J connectivity index is 1.33. The lowest BCUT2D eigenvalue weighted by Gasteiger charge is -2.38. The summed E-state index contributed by atoms with van der Waals surface area (Å²) in [6.45, 7) is 5.70. The van der Waals surface area contributed by atoms with E-state index in [4.69, 9.17) is 0 Å². The number of nitrogens with zero attached hydrogens (tertiary/aromatic N) is 3.